The highest BCUT2D eigenvalue weighted by Crippen LogP contribution is 2.19. The molecular formula is C17H21NO3. The molecule has 112 valence electrons. The summed E-state index contributed by atoms with van der Waals surface area (Å²) in [7, 11) is 0. The van der Waals surface area contributed by atoms with Crippen molar-refractivity contribution < 1.29 is 15.0 Å². The number of benzene rings is 1. The van der Waals surface area contributed by atoms with Gasteiger partial charge in [-0.3, -0.25) is 4.79 Å². The van der Waals surface area contributed by atoms with E-state index in [0.29, 0.717) is 11.1 Å². The molecule has 0 bridgehead atoms. The maximum absolute atomic E-state index is 12.4. The Morgan fingerprint density at radius 3 is 2.71 bits per heavy atom. The lowest BCUT2D eigenvalue weighted by Gasteiger charge is -2.26. The van der Waals surface area contributed by atoms with E-state index in [4.69, 9.17) is 5.11 Å². The van der Waals surface area contributed by atoms with Crippen LogP contribution < -0.4 is 5.32 Å². The van der Waals surface area contributed by atoms with Crippen LogP contribution >= 0.6 is 0 Å². The van der Waals surface area contributed by atoms with E-state index in [9.17, 15) is 9.90 Å². The molecule has 0 spiro atoms. The van der Waals surface area contributed by atoms with Gasteiger partial charge in [0.2, 0.25) is 0 Å². The van der Waals surface area contributed by atoms with Crippen LogP contribution in [-0.2, 0) is 0 Å². The van der Waals surface area contributed by atoms with Crippen LogP contribution in [-0.4, -0.2) is 34.9 Å². The summed E-state index contributed by atoms with van der Waals surface area (Å²) in [5.74, 6) is 5.28. The number of aliphatic hydroxyl groups is 2. The second-order valence-electron chi connectivity index (χ2n) is 5.49. The number of nitrogens with one attached hydrogen (secondary N) is 1. The zero-order valence-corrected chi connectivity index (χ0v) is 12.2. The predicted octanol–water partition coefficient (Wildman–Crippen LogP) is 1.37. The largest absolute Gasteiger partial charge is 0.393 e. The molecule has 0 radical (unpaired) electrons. The quantitative estimate of drug-likeness (QED) is 0.720. The number of rotatable bonds is 2. The van der Waals surface area contributed by atoms with Gasteiger partial charge in [-0.15, -0.1) is 0 Å². The number of carbonyl (C=O) groups excluding carboxylic acids is 1. The van der Waals surface area contributed by atoms with Crippen molar-refractivity contribution >= 4 is 5.91 Å². The van der Waals surface area contributed by atoms with Gasteiger partial charge in [-0.2, -0.15) is 0 Å². The minimum Gasteiger partial charge on any atom is -0.393 e. The lowest BCUT2D eigenvalue weighted by Crippen LogP contribution is -2.38. The van der Waals surface area contributed by atoms with E-state index in [1.54, 1.807) is 6.07 Å². The van der Waals surface area contributed by atoms with Crippen molar-refractivity contribution in [2.24, 2.45) is 0 Å². The van der Waals surface area contributed by atoms with Gasteiger partial charge in [0.05, 0.1) is 11.7 Å². The van der Waals surface area contributed by atoms with Gasteiger partial charge in [-0.25, -0.2) is 0 Å². The summed E-state index contributed by atoms with van der Waals surface area (Å²) in [5.41, 5.74) is 2.19. The molecule has 2 rings (SSSR count). The Labute approximate surface area is 125 Å². The molecule has 4 nitrogen and oxygen atoms in total. The average molecular weight is 287 g/mol. The Kier molecular flexibility index (Phi) is 5.38. The first-order chi connectivity index (χ1) is 10.1. The first kappa shape index (κ1) is 15.6. The number of aliphatic hydroxyl groups excluding tert-OH is 2. The third kappa shape index (κ3) is 4.32. The molecule has 1 saturated carbocycles. The fraction of sp³-hybridized carbons (Fsp3) is 0.471. The standard InChI is InChI=1S/C17H21NO3/c1-12-4-9-16(13(11-12)3-2-10-19)17(21)18-14-5-7-15(20)8-6-14/h4,9,11,14-15,19-20H,5-8,10H2,1H3,(H,18,21). The molecule has 1 aromatic rings. The fourth-order valence-electron chi connectivity index (χ4n) is 2.58. The predicted molar refractivity (Wildman–Crippen MR) is 80.9 cm³/mol. The van der Waals surface area contributed by atoms with Gasteiger partial charge >= 0.3 is 0 Å². The molecule has 0 aliphatic heterocycles. The second-order valence-corrected chi connectivity index (χ2v) is 5.49. The van der Waals surface area contributed by atoms with E-state index >= 15 is 0 Å². The third-order valence-electron chi connectivity index (χ3n) is 3.75. The summed E-state index contributed by atoms with van der Waals surface area (Å²) < 4.78 is 0. The Bertz CT molecular complexity index is 563. The maximum Gasteiger partial charge on any atom is 0.252 e. The SMILES string of the molecule is Cc1ccc(C(=O)NC2CCC(O)CC2)c(C#CCO)c1. The number of hydrogen-bond acceptors (Lipinski definition) is 3. The van der Waals surface area contributed by atoms with E-state index in [-0.39, 0.29) is 24.7 Å². The highest BCUT2D eigenvalue weighted by atomic mass is 16.3. The highest BCUT2D eigenvalue weighted by Gasteiger charge is 2.22. The number of hydrogen-bond donors (Lipinski definition) is 3. The van der Waals surface area contributed by atoms with Crippen LogP contribution in [0.15, 0.2) is 18.2 Å². The molecule has 0 heterocycles. The average Bonchev–Trinajstić information content (AvgIpc) is 2.47. The normalized spacial score (nSPS) is 21.3. The molecule has 0 unspecified atom stereocenters. The third-order valence-corrected chi connectivity index (χ3v) is 3.75. The Hall–Kier alpha value is -1.83. The fourth-order valence-corrected chi connectivity index (χ4v) is 2.58. The Balaban J connectivity index is 2.11. The first-order valence-electron chi connectivity index (χ1n) is 7.29. The van der Waals surface area contributed by atoms with E-state index in [2.05, 4.69) is 17.2 Å². The highest BCUT2D eigenvalue weighted by molar-refractivity contribution is 5.97. The van der Waals surface area contributed by atoms with Crippen LogP contribution in [0, 0.1) is 18.8 Å². The lowest BCUT2D eigenvalue weighted by molar-refractivity contribution is 0.0867. The monoisotopic (exact) mass is 287 g/mol. The molecule has 4 heteroatoms. The Morgan fingerprint density at radius 2 is 2.05 bits per heavy atom. The minimum atomic E-state index is -0.233. The molecule has 0 saturated heterocycles. The lowest BCUT2D eigenvalue weighted by atomic mass is 9.92. The van der Waals surface area contributed by atoms with Crippen molar-refractivity contribution in [3.8, 4) is 11.8 Å². The second kappa shape index (κ2) is 7.26. The zero-order chi connectivity index (χ0) is 15.2. The van der Waals surface area contributed by atoms with E-state index in [1.165, 1.54) is 0 Å². The summed E-state index contributed by atoms with van der Waals surface area (Å²) in [4.78, 5) is 12.4. The number of aryl methyl sites for hydroxylation is 1. The molecule has 1 fully saturated rings. The maximum atomic E-state index is 12.4. The van der Waals surface area contributed by atoms with E-state index in [1.807, 2.05) is 19.1 Å². The summed E-state index contributed by atoms with van der Waals surface area (Å²) >= 11 is 0. The number of carbonyl (C=O) groups is 1. The van der Waals surface area contributed by atoms with Gasteiger partial charge in [-0.05, 0) is 50.3 Å². The van der Waals surface area contributed by atoms with Crippen LogP contribution in [0.3, 0.4) is 0 Å². The molecule has 1 amide bonds. The van der Waals surface area contributed by atoms with Gasteiger partial charge in [0.1, 0.15) is 6.61 Å². The van der Waals surface area contributed by atoms with Crippen molar-refractivity contribution in [1.29, 1.82) is 0 Å². The van der Waals surface area contributed by atoms with Crippen molar-refractivity contribution in [3.63, 3.8) is 0 Å². The van der Waals surface area contributed by atoms with Gasteiger partial charge < -0.3 is 15.5 Å². The van der Waals surface area contributed by atoms with Crippen molar-refractivity contribution in [2.75, 3.05) is 6.61 Å². The van der Waals surface area contributed by atoms with Crippen LogP contribution in [0.5, 0.6) is 0 Å². The Morgan fingerprint density at radius 1 is 1.33 bits per heavy atom. The molecule has 0 aromatic heterocycles. The molecule has 1 aliphatic rings. The smallest absolute Gasteiger partial charge is 0.252 e. The van der Waals surface area contributed by atoms with Gasteiger partial charge in [0.15, 0.2) is 0 Å². The van der Waals surface area contributed by atoms with Crippen molar-refractivity contribution in [3.05, 3.63) is 34.9 Å². The first-order valence-corrected chi connectivity index (χ1v) is 7.29. The van der Waals surface area contributed by atoms with Crippen molar-refractivity contribution in [1.82, 2.24) is 5.32 Å². The minimum absolute atomic E-state index is 0.112. The van der Waals surface area contributed by atoms with Crippen LogP contribution in [0.25, 0.3) is 0 Å². The molecule has 1 aromatic carbocycles. The zero-order valence-electron chi connectivity index (χ0n) is 12.2. The van der Waals surface area contributed by atoms with Gasteiger partial charge in [0, 0.05) is 11.6 Å². The van der Waals surface area contributed by atoms with Crippen LogP contribution in [0.4, 0.5) is 0 Å². The summed E-state index contributed by atoms with van der Waals surface area (Å²) in [6.07, 6.45) is 2.84. The molecule has 21 heavy (non-hydrogen) atoms. The van der Waals surface area contributed by atoms with Crippen LogP contribution in [0.2, 0.25) is 0 Å². The van der Waals surface area contributed by atoms with Gasteiger partial charge in [-0.1, -0.05) is 17.9 Å². The summed E-state index contributed by atoms with van der Waals surface area (Å²) in [6, 6.07) is 5.61. The molecule has 0 atom stereocenters. The molecule has 1 aliphatic carbocycles. The van der Waals surface area contributed by atoms with Gasteiger partial charge in [0.25, 0.3) is 5.91 Å². The summed E-state index contributed by atoms with van der Waals surface area (Å²) in [6.45, 7) is 1.71. The van der Waals surface area contributed by atoms with Crippen LogP contribution in [0.1, 0.15) is 47.2 Å². The van der Waals surface area contributed by atoms with E-state index in [0.717, 1.165) is 31.2 Å². The molecular weight excluding hydrogens is 266 g/mol. The topological polar surface area (TPSA) is 69.6 Å². The molecule has 3 N–H and O–H groups in total. The number of amides is 1. The van der Waals surface area contributed by atoms with Crippen molar-refractivity contribution in [2.45, 2.75) is 44.8 Å². The van der Waals surface area contributed by atoms with E-state index < -0.39 is 0 Å². The summed E-state index contributed by atoms with van der Waals surface area (Å²) in [5, 5.41) is 21.3.